The summed E-state index contributed by atoms with van der Waals surface area (Å²) < 4.78 is 28.5. The number of carbonyl (C=O) groups excluding carboxylic acids is 2. The van der Waals surface area contributed by atoms with Gasteiger partial charge in [-0.3, -0.25) is 9.59 Å². The molecule has 0 spiro atoms. The number of amides is 1. The SMILES string of the molecule is CC1=CC(N2CCC(C#N)(C3CC3)C(=O)C2)=CC(C(=O)NCc2cc(F)cc(C3=C(F)NCC=C3)c2)N1. The number of piperidine rings is 1. The highest BCUT2D eigenvalue weighted by atomic mass is 19.1. The minimum absolute atomic E-state index is 0.0493. The number of ketones is 1. The molecule has 1 saturated carbocycles. The van der Waals surface area contributed by atoms with Crippen LogP contribution in [0.4, 0.5) is 8.78 Å². The van der Waals surface area contributed by atoms with E-state index in [-0.39, 0.29) is 36.3 Å². The molecular formula is C28H29F2N5O2. The Balaban J connectivity index is 1.26. The Labute approximate surface area is 214 Å². The van der Waals surface area contributed by atoms with Crippen molar-refractivity contribution < 1.29 is 18.4 Å². The van der Waals surface area contributed by atoms with Crippen LogP contribution >= 0.6 is 0 Å². The maximum atomic E-state index is 14.3. The van der Waals surface area contributed by atoms with E-state index in [4.69, 9.17) is 0 Å². The fourth-order valence-corrected chi connectivity index (χ4v) is 5.31. The van der Waals surface area contributed by atoms with Crippen molar-refractivity contribution in [3.8, 4) is 6.07 Å². The number of rotatable bonds is 6. The number of carbonyl (C=O) groups is 2. The minimum Gasteiger partial charge on any atom is -0.374 e. The summed E-state index contributed by atoms with van der Waals surface area (Å²) in [7, 11) is 0. The Kier molecular flexibility index (Phi) is 6.59. The molecule has 3 aliphatic heterocycles. The smallest absolute Gasteiger partial charge is 0.246 e. The van der Waals surface area contributed by atoms with Gasteiger partial charge in [0.05, 0.1) is 12.6 Å². The van der Waals surface area contributed by atoms with Crippen LogP contribution in [0.15, 0.2) is 59.8 Å². The first-order chi connectivity index (χ1) is 17.8. The average Bonchev–Trinajstić information content (AvgIpc) is 3.73. The maximum absolute atomic E-state index is 14.3. The van der Waals surface area contributed by atoms with Gasteiger partial charge in [-0.1, -0.05) is 12.2 Å². The standard InChI is InChI=1S/C28H29F2N5O2/c1-17-9-22(35-8-6-28(16-31,20-4-5-20)25(36)15-35)13-24(34-17)27(37)33-14-18-10-19(12-21(29)11-18)23-3-2-7-32-26(23)30/h2-3,9-13,20,24,32,34H,4-8,14-15H2,1H3,(H,33,37). The third kappa shape index (κ3) is 5.01. The number of hydrogen-bond donors (Lipinski definition) is 3. The molecule has 0 aromatic heterocycles. The molecule has 1 saturated heterocycles. The van der Waals surface area contributed by atoms with Gasteiger partial charge in [0.2, 0.25) is 5.91 Å². The molecule has 7 nitrogen and oxygen atoms in total. The molecular weight excluding hydrogens is 476 g/mol. The lowest BCUT2D eigenvalue weighted by atomic mass is 9.74. The van der Waals surface area contributed by atoms with Crippen LogP contribution in [-0.4, -0.2) is 42.3 Å². The zero-order valence-electron chi connectivity index (χ0n) is 20.6. The van der Waals surface area contributed by atoms with Gasteiger partial charge < -0.3 is 20.9 Å². The van der Waals surface area contributed by atoms with Crippen LogP contribution < -0.4 is 16.0 Å². The van der Waals surface area contributed by atoms with E-state index in [0.717, 1.165) is 24.2 Å². The summed E-state index contributed by atoms with van der Waals surface area (Å²) in [6.45, 7) is 3.00. The molecule has 1 aromatic carbocycles. The number of nitrogens with one attached hydrogen (secondary N) is 3. The van der Waals surface area contributed by atoms with Gasteiger partial charge in [-0.25, -0.2) is 4.39 Å². The molecule has 0 bridgehead atoms. The van der Waals surface area contributed by atoms with Gasteiger partial charge in [0.25, 0.3) is 0 Å². The van der Waals surface area contributed by atoms with E-state index in [1.807, 2.05) is 17.9 Å². The van der Waals surface area contributed by atoms with E-state index in [1.165, 1.54) is 12.1 Å². The molecule has 2 fully saturated rings. The topological polar surface area (TPSA) is 97.3 Å². The fourth-order valence-electron chi connectivity index (χ4n) is 5.31. The van der Waals surface area contributed by atoms with Crippen LogP contribution in [0.1, 0.15) is 37.3 Å². The Morgan fingerprint density at radius 2 is 2.11 bits per heavy atom. The normalized spacial score (nSPS) is 25.5. The van der Waals surface area contributed by atoms with Crippen molar-refractivity contribution in [2.24, 2.45) is 11.3 Å². The van der Waals surface area contributed by atoms with E-state index in [1.54, 1.807) is 24.3 Å². The zero-order chi connectivity index (χ0) is 26.2. The van der Waals surface area contributed by atoms with E-state index in [9.17, 15) is 23.6 Å². The molecule has 5 rings (SSSR count). The highest BCUT2D eigenvalue weighted by Crippen LogP contribution is 2.50. The van der Waals surface area contributed by atoms with Gasteiger partial charge in [0.1, 0.15) is 17.3 Å². The Morgan fingerprint density at radius 3 is 2.81 bits per heavy atom. The summed E-state index contributed by atoms with van der Waals surface area (Å²) in [5.41, 5.74) is 1.82. The van der Waals surface area contributed by atoms with Gasteiger partial charge in [-0.2, -0.15) is 9.65 Å². The quantitative estimate of drug-likeness (QED) is 0.514. The Hall–Kier alpha value is -3.93. The van der Waals surface area contributed by atoms with Crippen LogP contribution in [0.2, 0.25) is 0 Å². The van der Waals surface area contributed by atoms with Crippen LogP contribution in [0.25, 0.3) is 5.57 Å². The molecule has 3 heterocycles. The average molecular weight is 506 g/mol. The summed E-state index contributed by atoms with van der Waals surface area (Å²) in [6.07, 6.45) is 9.36. The molecule has 0 radical (unpaired) electrons. The first-order valence-corrected chi connectivity index (χ1v) is 12.5. The second-order valence-electron chi connectivity index (χ2n) is 10.1. The summed E-state index contributed by atoms with van der Waals surface area (Å²) >= 11 is 0. The highest BCUT2D eigenvalue weighted by Gasteiger charge is 2.53. The van der Waals surface area contributed by atoms with Gasteiger partial charge >= 0.3 is 0 Å². The third-order valence-corrected chi connectivity index (χ3v) is 7.45. The van der Waals surface area contributed by atoms with E-state index in [2.05, 4.69) is 22.0 Å². The van der Waals surface area contributed by atoms with Crippen molar-refractivity contribution in [2.75, 3.05) is 19.6 Å². The van der Waals surface area contributed by atoms with Crippen LogP contribution in [-0.2, 0) is 16.1 Å². The number of hydrogen-bond acceptors (Lipinski definition) is 6. The highest BCUT2D eigenvalue weighted by molar-refractivity contribution is 5.91. The van der Waals surface area contributed by atoms with E-state index in [0.29, 0.717) is 30.6 Å². The molecule has 2 atom stereocenters. The van der Waals surface area contributed by atoms with Crippen molar-refractivity contribution in [3.63, 3.8) is 0 Å². The number of likely N-dealkylation sites (tertiary alicyclic amines) is 1. The van der Waals surface area contributed by atoms with Gasteiger partial charge in [0, 0.05) is 36.6 Å². The van der Waals surface area contributed by atoms with Crippen LogP contribution in [0.3, 0.4) is 0 Å². The van der Waals surface area contributed by atoms with E-state index >= 15 is 0 Å². The number of Topliss-reactive ketones (excluding diaryl/α,β-unsaturated/α-hetero) is 1. The zero-order valence-corrected chi connectivity index (χ0v) is 20.6. The number of allylic oxidation sites excluding steroid dienone is 4. The Bertz CT molecular complexity index is 1300. The summed E-state index contributed by atoms with van der Waals surface area (Å²) in [5.74, 6) is -1.23. The van der Waals surface area contributed by atoms with E-state index < -0.39 is 23.2 Å². The first-order valence-electron chi connectivity index (χ1n) is 12.5. The molecule has 1 amide bonds. The molecule has 1 aromatic rings. The van der Waals surface area contributed by atoms with Crippen molar-refractivity contribution in [2.45, 2.75) is 38.8 Å². The first kappa shape index (κ1) is 24.8. The monoisotopic (exact) mass is 505 g/mol. The maximum Gasteiger partial charge on any atom is 0.246 e. The van der Waals surface area contributed by atoms with Gasteiger partial charge in [0.15, 0.2) is 11.7 Å². The van der Waals surface area contributed by atoms with Crippen molar-refractivity contribution >= 4 is 17.3 Å². The summed E-state index contributed by atoms with van der Waals surface area (Å²) in [4.78, 5) is 27.9. The molecule has 37 heavy (non-hydrogen) atoms. The van der Waals surface area contributed by atoms with Gasteiger partial charge in [-0.15, -0.1) is 0 Å². The number of halogens is 2. The predicted molar refractivity (Wildman–Crippen MR) is 134 cm³/mol. The lowest BCUT2D eigenvalue weighted by Gasteiger charge is -2.39. The Morgan fingerprint density at radius 1 is 1.30 bits per heavy atom. The fraction of sp³-hybridized carbons (Fsp3) is 0.393. The van der Waals surface area contributed by atoms with Crippen LogP contribution in [0, 0.1) is 28.5 Å². The van der Waals surface area contributed by atoms with Gasteiger partial charge in [-0.05, 0) is 73.6 Å². The molecule has 4 aliphatic rings. The molecule has 3 N–H and O–H groups in total. The predicted octanol–water partition coefficient (Wildman–Crippen LogP) is 3.19. The van der Waals surface area contributed by atoms with Crippen molar-refractivity contribution in [1.29, 1.82) is 5.26 Å². The lowest BCUT2D eigenvalue weighted by Crippen LogP contribution is -2.49. The molecule has 2 unspecified atom stereocenters. The second kappa shape index (κ2) is 9.85. The van der Waals surface area contributed by atoms with Crippen molar-refractivity contribution in [1.82, 2.24) is 20.9 Å². The molecule has 1 aliphatic carbocycles. The second-order valence-corrected chi connectivity index (χ2v) is 10.1. The summed E-state index contributed by atoms with van der Waals surface area (Å²) in [6, 6.07) is 5.84. The van der Waals surface area contributed by atoms with Crippen LogP contribution in [0.5, 0.6) is 0 Å². The number of benzene rings is 1. The summed E-state index contributed by atoms with van der Waals surface area (Å²) in [5, 5.41) is 18.3. The number of nitriles is 1. The molecule has 192 valence electrons. The van der Waals surface area contributed by atoms with Crippen molar-refractivity contribution in [3.05, 3.63) is 76.8 Å². The molecule has 9 heteroatoms. The third-order valence-electron chi connectivity index (χ3n) is 7.45. The number of dihydropyridines is 2. The lowest BCUT2D eigenvalue weighted by molar-refractivity contribution is -0.130. The largest absolute Gasteiger partial charge is 0.374 e. The number of nitrogens with zero attached hydrogens (tertiary/aromatic N) is 2. The minimum atomic E-state index is -0.869.